The van der Waals surface area contributed by atoms with Crippen LogP contribution in [0.15, 0.2) is 59.5 Å². The normalized spacial score (nSPS) is 12.9. The lowest BCUT2D eigenvalue weighted by atomic mass is 10.1. The van der Waals surface area contributed by atoms with E-state index < -0.39 is 6.04 Å². The van der Waals surface area contributed by atoms with Gasteiger partial charge in [-0.15, -0.1) is 11.8 Å². The lowest BCUT2D eigenvalue weighted by molar-refractivity contribution is -0.138. The first-order chi connectivity index (χ1) is 13.4. The van der Waals surface area contributed by atoms with Crippen LogP contribution in [0.5, 0.6) is 0 Å². The van der Waals surface area contributed by atoms with Gasteiger partial charge in [-0.2, -0.15) is 0 Å². The number of benzene rings is 2. The van der Waals surface area contributed by atoms with Crippen molar-refractivity contribution in [3.8, 4) is 0 Å². The molecule has 0 spiro atoms. The number of thioether (sulfide) groups is 1. The Morgan fingerprint density at radius 1 is 1.07 bits per heavy atom. The molecule has 0 aliphatic heterocycles. The zero-order valence-corrected chi connectivity index (χ0v) is 17.3. The second-order valence-electron chi connectivity index (χ2n) is 6.74. The summed E-state index contributed by atoms with van der Waals surface area (Å²) in [6, 6.07) is 15.1. The van der Waals surface area contributed by atoms with Gasteiger partial charge < -0.3 is 10.2 Å². The fraction of sp³-hybridized carbons (Fsp3) is 0.364. The van der Waals surface area contributed by atoms with Crippen molar-refractivity contribution in [1.29, 1.82) is 0 Å². The van der Waals surface area contributed by atoms with Gasteiger partial charge in [-0.05, 0) is 50.1 Å². The molecule has 2 atom stereocenters. The van der Waals surface area contributed by atoms with Crippen LogP contribution in [0, 0.1) is 5.82 Å². The van der Waals surface area contributed by atoms with Crippen LogP contribution in [-0.2, 0) is 16.1 Å². The minimum absolute atomic E-state index is 0.0383. The fourth-order valence-corrected chi connectivity index (χ4v) is 3.38. The number of carbonyl (C=O) groups excluding carboxylic acids is 2. The van der Waals surface area contributed by atoms with Crippen molar-refractivity contribution in [2.45, 2.75) is 50.7 Å². The van der Waals surface area contributed by atoms with Crippen molar-refractivity contribution in [3.63, 3.8) is 0 Å². The molecule has 0 unspecified atom stereocenters. The zero-order valence-electron chi connectivity index (χ0n) is 16.5. The Kier molecular flexibility index (Phi) is 8.51. The molecule has 0 aromatic heterocycles. The van der Waals surface area contributed by atoms with Crippen LogP contribution >= 0.6 is 11.8 Å². The van der Waals surface area contributed by atoms with E-state index in [1.807, 2.05) is 44.2 Å². The average Bonchev–Trinajstić information content (AvgIpc) is 2.71. The van der Waals surface area contributed by atoms with Gasteiger partial charge in [0.1, 0.15) is 11.9 Å². The lowest BCUT2D eigenvalue weighted by Gasteiger charge is -2.29. The molecule has 0 aliphatic carbocycles. The molecule has 0 saturated carbocycles. The van der Waals surface area contributed by atoms with Gasteiger partial charge in [0.25, 0.3) is 0 Å². The van der Waals surface area contributed by atoms with E-state index in [0.717, 1.165) is 16.9 Å². The molecule has 0 aliphatic rings. The van der Waals surface area contributed by atoms with Gasteiger partial charge in [0.2, 0.25) is 11.8 Å². The maximum absolute atomic E-state index is 13.2. The summed E-state index contributed by atoms with van der Waals surface area (Å²) in [7, 11) is 0. The second-order valence-corrected chi connectivity index (χ2v) is 7.79. The fourth-order valence-electron chi connectivity index (χ4n) is 2.58. The highest BCUT2D eigenvalue weighted by Gasteiger charge is 2.26. The van der Waals surface area contributed by atoms with Gasteiger partial charge in [-0.3, -0.25) is 9.59 Å². The van der Waals surface area contributed by atoms with E-state index in [0.29, 0.717) is 0 Å². The van der Waals surface area contributed by atoms with Crippen LogP contribution in [0.4, 0.5) is 4.39 Å². The third-order valence-electron chi connectivity index (χ3n) is 4.54. The molecule has 2 aromatic rings. The number of rotatable bonds is 9. The highest BCUT2D eigenvalue weighted by Crippen LogP contribution is 2.19. The quantitative estimate of drug-likeness (QED) is 0.638. The number of amides is 2. The van der Waals surface area contributed by atoms with Gasteiger partial charge >= 0.3 is 0 Å². The molecule has 4 nitrogen and oxygen atoms in total. The van der Waals surface area contributed by atoms with E-state index in [9.17, 15) is 14.0 Å². The third kappa shape index (κ3) is 6.68. The van der Waals surface area contributed by atoms with Gasteiger partial charge in [-0.1, -0.05) is 37.3 Å². The molecule has 0 bridgehead atoms. The van der Waals surface area contributed by atoms with E-state index in [4.69, 9.17) is 0 Å². The SMILES string of the molecule is CC[C@@H](C)NC(=O)[C@@H](C)N(Cc1ccc(F)cc1)C(=O)CSc1ccccc1. The maximum atomic E-state index is 13.2. The molecule has 0 radical (unpaired) electrons. The molecule has 0 heterocycles. The Bertz CT molecular complexity index is 768. The summed E-state index contributed by atoms with van der Waals surface area (Å²) < 4.78 is 13.2. The van der Waals surface area contributed by atoms with Crippen LogP contribution in [0.25, 0.3) is 0 Å². The van der Waals surface area contributed by atoms with Crippen LogP contribution in [0.1, 0.15) is 32.8 Å². The Labute approximate surface area is 170 Å². The van der Waals surface area contributed by atoms with Crippen molar-refractivity contribution in [1.82, 2.24) is 10.2 Å². The predicted octanol–water partition coefficient (Wildman–Crippen LogP) is 4.25. The van der Waals surface area contributed by atoms with E-state index >= 15 is 0 Å². The van der Waals surface area contributed by atoms with Crippen molar-refractivity contribution in [3.05, 3.63) is 66.0 Å². The molecule has 6 heteroatoms. The van der Waals surface area contributed by atoms with Crippen molar-refractivity contribution >= 4 is 23.6 Å². The first kappa shape index (κ1) is 22.0. The number of carbonyl (C=O) groups is 2. The van der Waals surface area contributed by atoms with E-state index in [2.05, 4.69) is 5.32 Å². The van der Waals surface area contributed by atoms with Crippen LogP contribution < -0.4 is 5.32 Å². The minimum atomic E-state index is -0.622. The lowest BCUT2D eigenvalue weighted by Crippen LogP contribution is -2.50. The number of hydrogen-bond donors (Lipinski definition) is 1. The number of halogens is 1. The summed E-state index contributed by atoms with van der Waals surface area (Å²) in [4.78, 5) is 28.1. The largest absolute Gasteiger partial charge is 0.352 e. The first-order valence-electron chi connectivity index (χ1n) is 9.42. The van der Waals surface area contributed by atoms with Crippen molar-refractivity contribution in [2.24, 2.45) is 0 Å². The molecule has 2 aromatic carbocycles. The highest BCUT2D eigenvalue weighted by molar-refractivity contribution is 8.00. The second kappa shape index (κ2) is 10.9. The summed E-state index contributed by atoms with van der Waals surface area (Å²) >= 11 is 1.43. The predicted molar refractivity (Wildman–Crippen MR) is 111 cm³/mol. The summed E-state index contributed by atoms with van der Waals surface area (Å²) in [5.41, 5.74) is 0.780. The molecule has 0 saturated heterocycles. The van der Waals surface area contributed by atoms with Gasteiger partial charge in [0.05, 0.1) is 5.75 Å². The summed E-state index contributed by atoms with van der Waals surface area (Å²) in [6.45, 7) is 5.91. The van der Waals surface area contributed by atoms with E-state index in [1.165, 1.54) is 23.9 Å². The van der Waals surface area contributed by atoms with Crippen molar-refractivity contribution < 1.29 is 14.0 Å². The zero-order chi connectivity index (χ0) is 20.5. The molecule has 1 N–H and O–H groups in total. The average molecular weight is 403 g/mol. The summed E-state index contributed by atoms with van der Waals surface area (Å²) in [6.07, 6.45) is 0.814. The number of nitrogens with one attached hydrogen (secondary N) is 1. The van der Waals surface area contributed by atoms with Crippen molar-refractivity contribution in [2.75, 3.05) is 5.75 Å². The number of hydrogen-bond acceptors (Lipinski definition) is 3. The van der Waals surface area contributed by atoms with Gasteiger partial charge in [0.15, 0.2) is 0 Å². The standard InChI is InChI=1S/C22H27FN2O2S/c1-4-16(2)24-22(27)17(3)25(14-18-10-12-19(23)13-11-18)21(26)15-28-20-8-6-5-7-9-20/h5-13,16-17H,4,14-15H2,1-3H3,(H,24,27)/t16-,17-/m1/s1. The van der Waals surface area contributed by atoms with Crippen LogP contribution in [0.3, 0.4) is 0 Å². The molecule has 28 heavy (non-hydrogen) atoms. The third-order valence-corrected chi connectivity index (χ3v) is 5.54. The Balaban J connectivity index is 2.12. The molecule has 150 valence electrons. The maximum Gasteiger partial charge on any atom is 0.242 e. The van der Waals surface area contributed by atoms with E-state index in [-0.39, 0.29) is 36.0 Å². The first-order valence-corrected chi connectivity index (χ1v) is 10.4. The summed E-state index contributed by atoms with van der Waals surface area (Å²) in [5, 5.41) is 2.93. The molecular weight excluding hydrogens is 375 g/mol. The van der Waals surface area contributed by atoms with Gasteiger partial charge in [-0.25, -0.2) is 4.39 Å². The smallest absolute Gasteiger partial charge is 0.242 e. The molecule has 2 amide bonds. The Morgan fingerprint density at radius 2 is 1.71 bits per heavy atom. The van der Waals surface area contributed by atoms with E-state index in [1.54, 1.807) is 24.0 Å². The van der Waals surface area contributed by atoms with Crippen LogP contribution in [-0.4, -0.2) is 34.6 Å². The summed E-state index contributed by atoms with van der Waals surface area (Å²) in [5.74, 6) is -0.421. The Hall–Kier alpha value is -2.34. The highest BCUT2D eigenvalue weighted by atomic mass is 32.2. The monoisotopic (exact) mass is 402 g/mol. The molecule has 0 fully saturated rings. The topological polar surface area (TPSA) is 49.4 Å². The van der Waals surface area contributed by atoms with Gasteiger partial charge in [0, 0.05) is 17.5 Å². The van der Waals surface area contributed by atoms with Crippen LogP contribution in [0.2, 0.25) is 0 Å². The Morgan fingerprint density at radius 3 is 2.32 bits per heavy atom. The minimum Gasteiger partial charge on any atom is -0.352 e. The molecule has 2 rings (SSSR count). The number of nitrogens with zero attached hydrogens (tertiary/aromatic N) is 1. The molecular formula is C22H27FN2O2S.